The van der Waals surface area contributed by atoms with Gasteiger partial charge in [0.1, 0.15) is 11.3 Å². The second-order valence-corrected chi connectivity index (χ2v) is 5.53. The highest BCUT2D eigenvalue weighted by Gasteiger charge is 2.15. The van der Waals surface area contributed by atoms with Crippen molar-refractivity contribution in [2.45, 2.75) is 20.8 Å². The van der Waals surface area contributed by atoms with Gasteiger partial charge in [0.15, 0.2) is 0 Å². The predicted octanol–water partition coefficient (Wildman–Crippen LogP) is 2.87. The number of amides is 1. The van der Waals surface area contributed by atoms with Crippen molar-refractivity contribution in [3.05, 3.63) is 75.3 Å². The van der Waals surface area contributed by atoms with Gasteiger partial charge >= 0.3 is 0 Å². The average Bonchev–Trinajstić information content (AvgIpc) is 2.53. The number of pyridine rings is 1. The normalized spacial score (nSPS) is 10.7. The Morgan fingerprint density at radius 3 is 2.48 bits per heavy atom. The minimum Gasteiger partial charge on any atom is -0.316 e. The zero-order chi connectivity index (χ0) is 16.6. The van der Waals surface area contributed by atoms with Crippen LogP contribution in [0, 0.1) is 20.8 Å². The molecule has 0 aliphatic carbocycles. The molecule has 1 aromatic carbocycles. The third-order valence-corrected chi connectivity index (χ3v) is 3.86. The van der Waals surface area contributed by atoms with Crippen LogP contribution in [-0.4, -0.2) is 15.3 Å². The summed E-state index contributed by atoms with van der Waals surface area (Å²) in [5.74, 6) is -0.308. The SMILES string of the molecule is Cc1ccccc1C(=O)Nc1c(C)nc2c(C)cccn2c1=O. The standard InChI is InChI=1S/C18H17N3O2/c1-11-7-4-5-9-14(11)17(22)20-15-13(3)19-16-12(2)8-6-10-21(16)18(15)23/h4-10H,1-3H3,(H,20,22). The van der Waals surface area contributed by atoms with Crippen LogP contribution in [0.2, 0.25) is 0 Å². The van der Waals surface area contributed by atoms with Crippen molar-refractivity contribution in [3.63, 3.8) is 0 Å². The van der Waals surface area contributed by atoms with Gasteiger partial charge in [-0.1, -0.05) is 24.3 Å². The largest absolute Gasteiger partial charge is 0.316 e. The first kappa shape index (κ1) is 15.0. The molecule has 3 aromatic rings. The number of nitrogens with zero attached hydrogens (tertiary/aromatic N) is 2. The van der Waals surface area contributed by atoms with E-state index in [0.29, 0.717) is 16.9 Å². The zero-order valence-electron chi connectivity index (χ0n) is 13.3. The van der Waals surface area contributed by atoms with Crippen molar-refractivity contribution in [1.82, 2.24) is 9.38 Å². The predicted molar refractivity (Wildman–Crippen MR) is 90.1 cm³/mol. The number of benzene rings is 1. The summed E-state index contributed by atoms with van der Waals surface area (Å²) in [5.41, 5.74) is 3.34. The number of carbonyl (C=O) groups excluding carboxylic acids is 1. The Balaban J connectivity index is 2.09. The molecular formula is C18H17N3O2. The highest BCUT2D eigenvalue weighted by atomic mass is 16.2. The maximum Gasteiger partial charge on any atom is 0.281 e. The lowest BCUT2D eigenvalue weighted by Crippen LogP contribution is -2.25. The Morgan fingerprint density at radius 1 is 1.04 bits per heavy atom. The second kappa shape index (κ2) is 5.68. The van der Waals surface area contributed by atoms with Gasteiger partial charge in [-0.15, -0.1) is 0 Å². The fourth-order valence-corrected chi connectivity index (χ4v) is 2.56. The first-order valence-electron chi connectivity index (χ1n) is 7.34. The van der Waals surface area contributed by atoms with Crippen LogP contribution in [0.15, 0.2) is 47.4 Å². The van der Waals surface area contributed by atoms with Crippen molar-refractivity contribution in [2.75, 3.05) is 5.32 Å². The summed E-state index contributed by atoms with van der Waals surface area (Å²) in [6, 6.07) is 10.9. The summed E-state index contributed by atoms with van der Waals surface area (Å²) in [6.07, 6.45) is 1.65. The average molecular weight is 307 g/mol. The van der Waals surface area contributed by atoms with Crippen LogP contribution < -0.4 is 10.9 Å². The lowest BCUT2D eigenvalue weighted by molar-refractivity contribution is 0.102. The van der Waals surface area contributed by atoms with Gasteiger partial charge in [0.2, 0.25) is 0 Å². The van der Waals surface area contributed by atoms with E-state index in [1.54, 1.807) is 31.3 Å². The molecule has 2 aromatic heterocycles. The molecule has 0 saturated carbocycles. The Kier molecular flexibility index (Phi) is 3.70. The molecule has 3 rings (SSSR count). The molecule has 5 nitrogen and oxygen atoms in total. The molecule has 5 heteroatoms. The minimum atomic E-state index is -0.308. The van der Waals surface area contributed by atoms with Crippen LogP contribution in [0.5, 0.6) is 0 Å². The molecule has 0 spiro atoms. The summed E-state index contributed by atoms with van der Waals surface area (Å²) in [5, 5.41) is 2.71. The summed E-state index contributed by atoms with van der Waals surface area (Å²) in [4.78, 5) is 29.6. The summed E-state index contributed by atoms with van der Waals surface area (Å²) >= 11 is 0. The van der Waals surface area contributed by atoms with Gasteiger partial charge in [0.25, 0.3) is 11.5 Å². The number of nitrogens with one attached hydrogen (secondary N) is 1. The highest BCUT2D eigenvalue weighted by molar-refractivity contribution is 6.05. The molecule has 0 saturated heterocycles. The number of fused-ring (bicyclic) bond motifs is 1. The van der Waals surface area contributed by atoms with Gasteiger partial charge in [-0.3, -0.25) is 14.0 Å². The quantitative estimate of drug-likeness (QED) is 0.792. The van der Waals surface area contributed by atoms with Crippen LogP contribution in [0.4, 0.5) is 5.69 Å². The highest BCUT2D eigenvalue weighted by Crippen LogP contribution is 2.14. The van der Waals surface area contributed by atoms with Gasteiger partial charge in [-0.2, -0.15) is 0 Å². The number of hydrogen-bond donors (Lipinski definition) is 1. The molecule has 1 amide bonds. The Hall–Kier alpha value is -2.95. The molecule has 2 heterocycles. The number of aryl methyl sites for hydroxylation is 3. The molecule has 1 N–H and O–H groups in total. The fourth-order valence-electron chi connectivity index (χ4n) is 2.56. The number of rotatable bonds is 2. The fraction of sp³-hybridized carbons (Fsp3) is 0.167. The number of aromatic nitrogens is 2. The maximum absolute atomic E-state index is 12.7. The van der Waals surface area contributed by atoms with Crippen molar-refractivity contribution in [1.29, 1.82) is 0 Å². The first-order chi connectivity index (χ1) is 11.0. The van der Waals surface area contributed by atoms with Crippen molar-refractivity contribution >= 4 is 17.2 Å². The van der Waals surface area contributed by atoms with Crippen LogP contribution in [0.25, 0.3) is 5.65 Å². The second-order valence-electron chi connectivity index (χ2n) is 5.53. The third-order valence-electron chi connectivity index (χ3n) is 3.86. The molecule has 116 valence electrons. The van der Waals surface area contributed by atoms with Gasteiger partial charge in [-0.25, -0.2) is 4.98 Å². The first-order valence-corrected chi connectivity index (χ1v) is 7.34. The molecule has 23 heavy (non-hydrogen) atoms. The minimum absolute atomic E-state index is 0.210. The molecule has 0 aliphatic heterocycles. The summed E-state index contributed by atoms with van der Waals surface area (Å²) in [7, 11) is 0. The molecule has 0 aliphatic rings. The van der Waals surface area contributed by atoms with E-state index in [-0.39, 0.29) is 17.2 Å². The Labute approximate surface area is 133 Å². The van der Waals surface area contributed by atoms with Crippen molar-refractivity contribution in [2.24, 2.45) is 0 Å². The van der Waals surface area contributed by atoms with E-state index in [1.807, 2.05) is 32.0 Å². The zero-order valence-corrected chi connectivity index (χ0v) is 13.3. The lowest BCUT2D eigenvalue weighted by Gasteiger charge is -2.11. The Morgan fingerprint density at radius 2 is 1.74 bits per heavy atom. The van der Waals surface area contributed by atoms with E-state index in [9.17, 15) is 9.59 Å². The Bertz CT molecular complexity index is 974. The van der Waals surface area contributed by atoms with Crippen LogP contribution >= 0.6 is 0 Å². The van der Waals surface area contributed by atoms with Crippen molar-refractivity contribution in [3.8, 4) is 0 Å². The number of hydrogen-bond acceptors (Lipinski definition) is 3. The number of anilines is 1. The summed E-state index contributed by atoms with van der Waals surface area (Å²) in [6.45, 7) is 5.48. The van der Waals surface area contributed by atoms with E-state index in [0.717, 1.165) is 11.1 Å². The van der Waals surface area contributed by atoms with Gasteiger partial charge in [-0.05, 0) is 44.0 Å². The van der Waals surface area contributed by atoms with Crippen LogP contribution in [-0.2, 0) is 0 Å². The van der Waals surface area contributed by atoms with E-state index in [2.05, 4.69) is 10.3 Å². The lowest BCUT2D eigenvalue weighted by atomic mass is 10.1. The van der Waals surface area contributed by atoms with E-state index >= 15 is 0 Å². The van der Waals surface area contributed by atoms with Gasteiger partial charge < -0.3 is 5.32 Å². The molecular weight excluding hydrogens is 290 g/mol. The molecule has 0 unspecified atom stereocenters. The molecule has 0 atom stereocenters. The van der Waals surface area contributed by atoms with E-state index < -0.39 is 0 Å². The third kappa shape index (κ3) is 2.61. The molecule has 0 fully saturated rings. The van der Waals surface area contributed by atoms with E-state index in [1.165, 1.54) is 4.40 Å². The smallest absolute Gasteiger partial charge is 0.281 e. The molecule has 0 bridgehead atoms. The summed E-state index contributed by atoms with van der Waals surface area (Å²) < 4.78 is 1.45. The van der Waals surface area contributed by atoms with Crippen LogP contribution in [0.1, 0.15) is 27.2 Å². The van der Waals surface area contributed by atoms with Gasteiger partial charge in [0, 0.05) is 11.8 Å². The van der Waals surface area contributed by atoms with Crippen molar-refractivity contribution < 1.29 is 4.79 Å². The number of carbonyl (C=O) groups is 1. The molecule has 0 radical (unpaired) electrons. The van der Waals surface area contributed by atoms with Crippen LogP contribution in [0.3, 0.4) is 0 Å². The van der Waals surface area contributed by atoms with Gasteiger partial charge in [0.05, 0.1) is 5.69 Å². The monoisotopic (exact) mass is 307 g/mol. The maximum atomic E-state index is 12.7. The topological polar surface area (TPSA) is 63.5 Å². The van der Waals surface area contributed by atoms with E-state index in [4.69, 9.17) is 0 Å².